The molecule has 0 spiro atoms. The molecule has 0 aromatic carbocycles. The fraction of sp³-hybridized carbons (Fsp3) is 0.909. The van der Waals surface area contributed by atoms with E-state index in [0.717, 1.165) is 0 Å². The van der Waals surface area contributed by atoms with Crippen molar-refractivity contribution in [2.75, 3.05) is 26.4 Å². The van der Waals surface area contributed by atoms with Crippen molar-refractivity contribution in [1.29, 1.82) is 0 Å². The van der Waals surface area contributed by atoms with Gasteiger partial charge in [0.25, 0.3) is 0 Å². The quantitative estimate of drug-likeness (QED) is 0.408. The van der Waals surface area contributed by atoms with Crippen molar-refractivity contribution in [3.8, 4) is 0 Å². The van der Waals surface area contributed by atoms with E-state index in [0.29, 0.717) is 26.4 Å². The summed E-state index contributed by atoms with van der Waals surface area (Å²) in [5, 5.41) is 0. The summed E-state index contributed by atoms with van der Waals surface area (Å²) in [7, 11) is -2.96. The molecule has 0 amide bonds. The summed E-state index contributed by atoms with van der Waals surface area (Å²) in [6.45, 7) is 27.5. The molecule has 0 aromatic heterocycles. The summed E-state index contributed by atoms with van der Waals surface area (Å²) in [5.74, 6) is 0. The van der Waals surface area contributed by atoms with E-state index in [9.17, 15) is 0 Å². The molecule has 6 nitrogen and oxygen atoms in total. The predicted molar refractivity (Wildman–Crippen MR) is 121 cm³/mol. The molecule has 0 N–H and O–H groups in total. The average molecular weight is 431 g/mol. The second kappa shape index (κ2) is 9.26. The number of hydrogen-bond donors (Lipinski definition) is 0. The average Bonchev–Trinajstić information content (AvgIpc) is 2.86. The zero-order valence-electron chi connectivity index (χ0n) is 21.0. The maximum atomic E-state index is 6.62. The molecule has 1 aliphatic heterocycles. The van der Waals surface area contributed by atoms with E-state index in [-0.39, 0.29) is 22.3 Å². The van der Waals surface area contributed by atoms with Gasteiger partial charge in [-0.2, -0.15) is 0 Å². The third kappa shape index (κ3) is 8.21. The minimum atomic E-state index is -2.96. The van der Waals surface area contributed by atoms with Gasteiger partial charge in [-0.25, -0.2) is 0 Å². The molecule has 0 atom stereocenters. The molecule has 0 aromatic rings. The second-order valence-corrected chi connectivity index (χ2v) is 14.2. The standard InChI is InChI=1S/C22H46N2O4Si/c1-19(2,3)23-13-14-24(20(4,5)6)29(23,27-17-15-25-21(7,8)9)28-18-16-26-22(10,11)12/h13-14H,15-18H2,1-12H3. The maximum absolute atomic E-state index is 6.62. The Hall–Kier alpha value is -0.603. The van der Waals surface area contributed by atoms with Crippen molar-refractivity contribution >= 4 is 8.88 Å². The fourth-order valence-electron chi connectivity index (χ4n) is 3.10. The van der Waals surface area contributed by atoms with E-state index in [1.54, 1.807) is 0 Å². The number of nitrogens with zero attached hydrogens (tertiary/aromatic N) is 2. The topological polar surface area (TPSA) is 43.4 Å². The Morgan fingerprint density at radius 1 is 0.552 bits per heavy atom. The molecule has 1 rings (SSSR count). The lowest BCUT2D eigenvalue weighted by atomic mass is 10.1. The number of ether oxygens (including phenoxy) is 2. The summed E-state index contributed by atoms with van der Waals surface area (Å²) in [4.78, 5) is 0. The van der Waals surface area contributed by atoms with Crippen molar-refractivity contribution in [3.05, 3.63) is 12.4 Å². The number of rotatable bonds is 8. The molecule has 0 fully saturated rings. The van der Waals surface area contributed by atoms with Crippen LogP contribution in [0.15, 0.2) is 12.4 Å². The minimum absolute atomic E-state index is 0.140. The van der Waals surface area contributed by atoms with Gasteiger partial charge >= 0.3 is 8.88 Å². The molecule has 0 radical (unpaired) electrons. The van der Waals surface area contributed by atoms with Crippen LogP contribution in [0.3, 0.4) is 0 Å². The molecule has 172 valence electrons. The summed E-state index contributed by atoms with van der Waals surface area (Å²) in [5.41, 5.74) is -0.668. The normalized spacial score (nSPS) is 18.1. The van der Waals surface area contributed by atoms with Crippen LogP contribution in [0.2, 0.25) is 0 Å². The van der Waals surface area contributed by atoms with E-state index >= 15 is 0 Å². The van der Waals surface area contributed by atoms with Gasteiger partial charge in [-0.1, -0.05) is 0 Å². The molecular weight excluding hydrogens is 384 g/mol. The summed E-state index contributed by atoms with van der Waals surface area (Å²) < 4.78 is 29.6. The van der Waals surface area contributed by atoms with Crippen LogP contribution >= 0.6 is 0 Å². The van der Waals surface area contributed by atoms with Gasteiger partial charge in [0.15, 0.2) is 0 Å². The van der Waals surface area contributed by atoms with Crippen LogP contribution < -0.4 is 0 Å². The molecule has 0 bridgehead atoms. The molecule has 0 unspecified atom stereocenters. The SMILES string of the molecule is CC(C)(C)OCCO[Si]1(OCCOC(C)(C)C)N(C(C)(C)C)C=CN1C(C)(C)C. The molecular formula is C22H46N2O4Si. The zero-order chi connectivity index (χ0) is 22.7. The largest absolute Gasteiger partial charge is 0.589 e. The third-order valence-electron chi connectivity index (χ3n) is 4.24. The van der Waals surface area contributed by atoms with E-state index in [4.69, 9.17) is 18.3 Å². The Morgan fingerprint density at radius 3 is 1.10 bits per heavy atom. The summed E-state index contributed by atoms with van der Waals surface area (Å²) in [6.07, 6.45) is 4.24. The Balaban J connectivity index is 3.08. The Bertz CT molecular complexity index is 491. The highest BCUT2D eigenvalue weighted by Gasteiger charge is 2.60. The van der Waals surface area contributed by atoms with Crippen LogP contribution in [0.5, 0.6) is 0 Å². The van der Waals surface area contributed by atoms with E-state index in [1.807, 2.05) is 0 Å². The van der Waals surface area contributed by atoms with Gasteiger partial charge in [0.05, 0.1) is 37.6 Å². The second-order valence-electron chi connectivity index (χ2n) is 11.5. The first-order valence-corrected chi connectivity index (χ1v) is 12.4. The van der Waals surface area contributed by atoms with Gasteiger partial charge in [-0.05, 0) is 83.1 Å². The number of hydrogen-bond acceptors (Lipinski definition) is 6. The van der Waals surface area contributed by atoms with Gasteiger partial charge in [0, 0.05) is 23.5 Å². The lowest BCUT2D eigenvalue weighted by Gasteiger charge is -2.49. The monoisotopic (exact) mass is 430 g/mol. The first kappa shape index (κ1) is 26.4. The van der Waals surface area contributed by atoms with Crippen LogP contribution in [0.1, 0.15) is 83.1 Å². The van der Waals surface area contributed by atoms with E-state index < -0.39 is 8.88 Å². The zero-order valence-corrected chi connectivity index (χ0v) is 22.0. The van der Waals surface area contributed by atoms with Gasteiger partial charge in [-0.15, -0.1) is 0 Å². The highest BCUT2D eigenvalue weighted by Crippen LogP contribution is 2.37. The van der Waals surface area contributed by atoms with Gasteiger partial charge in [0.2, 0.25) is 0 Å². The molecule has 7 heteroatoms. The lowest BCUT2D eigenvalue weighted by molar-refractivity contribution is -0.0484. The summed E-state index contributed by atoms with van der Waals surface area (Å²) in [6, 6.07) is 0. The van der Waals surface area contributed by atoms with Crippen LogP contribution in [0, 0.1) is 0 Å². The molecule has 29 heavy (non-hydrogen) atoms. The maximum Gasteiger partial charge on any atom is 0.589 e. The smallest absolute Gasteiger partial charge is 0.374 e. The third-order valence-corrected chi connectivity index (χ3v) is 8.25. The molecule has 0 saturated heterocycles. The van der Waals surface area contributed by atoms with E-state index in [1.165, 1.54) is 0 Å². The highest BCUT2D eigenvalue weighted by molar-refractivity contribution is 6.63. The first-order chi connectivity index (χ1) is 12.9. The van der Waals surface area contributed by atoms with Crippen molar-refractivity contribution < 1.29 is 18.3 Å². The molecule has 0 aliphatic carbocycles. The van der Waals surface area contributed by atoms with Crippen LogP contribution in [0.4, 0.5) is 0 Å². The van der Waals surface area contributed by atoms with Crippen molar-refractivity contribution in [1.82, 2.24) is 9.13 Å². The van der Waals surface area contributed by atoms with E-state index in [2.05, 4.69) is 105 Å². The first-order valence-electron chi connectivity index (χ1n) is 10.7. The van der Waals surface area contributed by atoms with Crippen molar-refractivity contribution in [3.63, 3.8) is 0 Å². The van der Waals surface area contributed by atoms with Gasteiger partial charge < -0.3 is 27.5 Å². The predicted octanol–water partition coefficient (Wildman–Crippen LogP) is 4.77. The van der Waals surface area contributed by atoms with Crippen molar-refractivity contribution in [2.24, 2.45) is 0 Å². The van der Waals surface area contributed by atoms with Crippen molar-refractivity contribution in [2.45, 2.75) is 105 Å². The Morgan fingerprint density at radius 2 is 0.862 bits per heavy atom. The molecule has 1 heterocycles. The fourth-order valence-corrected chi connectivity index (χ4v) is 6.87. The highest BCUT2D eigenvalue weighted by atomic mass is 28.4. The Labute approximate surface area is 180 Å². The molecule has 0 saturated carbocycles. The lowest BCUT2D eigenvalue weighted by Crippen LogP contribution is -2.71. The van der Waals surface area contributed by atoms with Gasteiger partial charge in [-0.3, -0.25) is 0 Å². The van der Waals surface area contributed by atoms with Gasteiger partial charge in [0.1, 0.15) is 0 Å². The molecule has 1 aliphatic rings. The summed E-state index contributed by atoms with van der Waals surface area (Å²) >= 11 is 0. The van der Waals surface area contributed by atoms with Crippen LogP contribution in [0.25, 0.3) is 0 Å². The Kier molecular flexibility index (Phi) is 8.44. The van der Waals surface area contributed by atoms with Crippen LogP contribution in [-0.2, 0) is 18.3 Å². The van der Waals surface area contributed by atoms with Crippen LogP contribution in [-0.4, -0.2) is 66.7 Å². The minimum Gasteiger partial charge on any atom is -0.374 e.